The number of hydrogen-bond acceptors (Lipinski definition) is 4. The second-order valence-corrected chi connectivity index (χ2v) is 2.76. The summed E-state index contributed by atoms with van der Waals surface area (Å²) in [4.78, 5) is 3.93. The zero-order valence-corrected chi connectivity index (χ0v) is 6.99. The molecule has 1 atom stereocenters. The molecule has 4 nitrogen and oxygen atoms in total. The van der Waals surface area contributed by atoms with Crippen molar-refractivity contribution in [2.45, 2.75) is 13.0 Å². The van der Waals surface area contributed by atoms with Crippen molar-refractivity contribution in [1.29, 1.82) is 0 Å². The molecule has 0 fully saturated rings. The smallest absolute Gasteiger partial charge is 0.126 e. The van der Waals surface area contributed by atoms with E-state index in [2.05, 4.69) is 4.98 Å². The lowest BCUT2D eigenvalue weighted by Crippen LogP contribution is -2.15. The molecular formula is C8H13N3O. The van der Waals surface area contributed by atoms with Gasteiger partial charge in [0.25, 0.3) is 0 Å². The topological polar surface area (TPSA) is 85.2 Å². The van der Waals surface area contributed by atoms with Gasteiger partial charge in [-0.25, -0.2) is 4.98 Å². The molecule has 0 saturated carbocycles. The first-order valence-electron chi connectivity index (χ1n) is 3.73. The molecule has 1 aromatic heterocycles. The van der Waals surface area contributed by atoms with E-state index in [9.17, 15) is 0 Å². The van der Waals surface area contributed by atoms with Crippen LogP contribution in [-0.2, 0) is 0 Å². The summed E-state index contributed by atoms with van der Waals surface area (Å²) < 4.78 is 0. The molecule has 0 aromatic carbocycles. The molecule has 4 heteroatoms. The van der Waals surface area contributed by atoms with Crippen molar-refractivity contribution < 1.29 is 5.11 Å². The number of nitrogens with zero attached hydrogens (tertiary/aromatic N) is 1. The third-order valence-corrected chi connectivity index (χ3v) is 1.76. The zero-order chi connectivity index (χ0) is 9.14. The quantitative estimate of drug-likeness (QED) is 0.577. The van der Waals surface area contributed by atoms with Crippen LogP contribution in [0.3, 0.4) is 0 Å². The molecule has 0 spiro atoms. The largest absolute Gasteiger partial charge is 0.394 e. The first kappa shape index (κ1) is 8.96. The van der Waals surface area contributed by atoms with Crippen molar-refractivity contribution in [2.75, 3.05) is 12.3 Å². The number of aliphatic hydroxyl groups excluding tert-OH is 1. The summed E-state index contributed by atoms with van der Waals surface area (Å²) in [6.45, 7) is 1.78. The molecule has 0 aliphatic heterocycles. The highest BCUT2D eigenvalue weighted by Crippen LogP contribution is 2.13. The Bertz CT molecular complexity index is 275. The molecule has 0 aliphatic rings. The van der Waals surface area contributed by atoms with Crippen LogP contribution in [-0.4, -0.2) is 16.7 Å². The number of aryl methyl sites for hydroxylation is 1. The van der Waals surface area contributed by atoms with Gasteiger partial charge in [-0.3, -0.25) is 0 Å². The maximum absolute atomic E-state index is 8.76. The van der Waals surface area contributed by atoms with Gasteiger partial charge in [0, 0.05) is 6.20 Å². The molecule has 1 rings (SSSR count). The summed E-state index contributed by atoms with van der Waals surface area (Å²) in [6, 6.07) is 1.47. The van der Waals surface area contributed by atoms with Gasteiger partial charge in [-0.1, -0.05) is 0 Å². The van der Waals surface area contributed by atoms with Crippen LogP contribution < -0.4 is 11.5 Å². The van der Waals surface area contributed by atoms with Crippen LogP contribution in [0.25, 0.3) is 0 Å². The molecule has 1 heterocycles. The third-order valence-electron chi connectivity index (χ3n) is 1.76. The molecule has 0 bridgehead atoms. The van der Waals surface area contributed by atoms with E-state index >= 15 is 0 Å². The van der Waals surface area contributed by atoms with Gasteiger partial charge < -0.3 is 16.6 Å². The average molecular weight is 167 g/mol. The fourth-order valence-corrected chi connectivity index (χ4v) is 0.915. The number of rotatable bonds is 2. The Morgan fingerprint density at radius 3 is 2.83 bits per heavy atom. The third kappa shape index (κ3) is 1.72. The monoisotopic (exact) mass is 167 g/mol. The summed E-state index contributed by atoms with van der Waals surface area (Å²) in [5.41, 5.74) is 12.8. The Kier molecular flexibility index (Phi) is 2.62. The summed E-state index contributed by atoms with van der Waals surface area (Å²) in [7, 11) is 0. The van der Waals surface area contributed by atoms with Gasteiger partial charge in [0.2, 0.25) is 0 Å². The molecule has 12 heavy (non-hydrogen) atoms. The van der Waals surface area contributed by atoms with Gasteiger partial charge in [-0.2, -0.15) is 0 Å². The Morgan fingerprint density at radius 1 is 1.67 bits per heavy atom. The Labute approximate surface area is 71.2 Å². The summed E-state index contributed by atoms with van der Waals surface area (Å²) in [5, 5.41) is 8.76. The Hall–Kier alpha value is -1.13. The van der Waals surface area contributed by atoms with Gasteiger partial charge in [0.05, 0.1) is 12.6 Å². The molecule has 1 aromatic rings. The molecule has 0 aliphatic carbocycles. The van der Waals surface area contributed by atoms with E-state index < -0.39 is 0 Å². The lowest BCUT2D eigenvalue weighted by atomic mass is 10.1. The molecular weight excluding hydrogens is 154 g/mol. The number of aromatic nitrogens is 1. The first-order valence-corrected chi connectivity index (χ1v) is 3.73. The van der Waals surface area contributed by atoms with Crippen LogP contribution in [0.1, 0.15) is 17.2 Å². The molecule has 5 N–H and O–H groups in total. The van der Waals surface area contributed by atoms with Crippen LogP contribution in [0.5, 0.6) is 0 Å². The standard InChI is InChI=1S/C8H13N3O/c1-5-2-6(7(9)4-12)3-11-8(5)10/h2-3,7,12H,4,9H2,1H3,(H2,10,11)/t7-/m1/s1. The van der Waals surface area contributed by atoms with Gasteiger partial charge in [-0.05, 0) is 24.1 Å². The number of nitrogens with two attached hydrogens (primary N) is 2. The summed E-state index contributed by atoms with van der Waals surface area (Å²) in [6.07, 6.45) is 1.59. The van der Waals surface area contributed by atoms with Crippen molar-refractivity contribution in [3.63, 3.8) is 0 Å². The Balaban J connectivity index is 2.96. The van der Waals surface area contributed by atoms with Crippen LogP contribution >= 0.6 is 0 Å². The molecule has 0 radical (unpaired) electrons. The number of aliphatic hydroxyl groups is 1. The maximum Gasteiger partial charge on any atom is 0.126 e. The van der Waals surface area contributed by atoms with E-state index in [1.165, 1.54) is 0 Å². The van der Waals surface area contributed by atoms with Gasteiger partial charge in [0.15, 0.2) is 0 Å². The number of anilines is 1. The van der Waals surface area contributed by atoms with Crippen molar-refractivity contribution in [3.05, 3.63) is 23.4 Å². The van der Waals surface area contributed by atoms with E-state index in [0.29, 0.717) is 5.82 Å². The zero-order valence-electron chi connectivity index (χ0n) is 6.99. The number of hydrogen-bond donors (Lipinski definition) is 3. The fraction of sp³-hybridized carbons (Fsp3) is 0.375. The van der Waals surface area contributed by atoms with Crippen LogP contribution in [0.2, 0.25) is 0 Å². The second kappa shape index (κ2) is 3.51. The highest BCUT2D eigenvalue weighted by atomic mass is 16.3. The highest BCUT2D eigenvalue weighted by molar-refractivity contribution is 5.40. The minimum absolute atomic E-state index is 0.0783. The van der Waals surface area contributed by atoms with E-state index in [-0.39, 0.29) is 12.6 Å². The predicted octanol–water partition coefficient (Wildman–Crippen LogP) is -0.0357. The van der Waals surface area contributed by atoms with E-state index in [0.717, 1.165) is 11.1 Å². The minimum atomic E-state index is -0.364. The average Bonchev–Trinajstić information content (AvgIpc) is 2.08. The maximum atomic E-state index is 8.76. The number of pyridine rings is 1. The summed E-state index contributed by atoms with van der Waals surface area (Å²) in [5.74, 6) is 0.504. The normalized spacial score (nSPS) is 12.9. The molecule has 0 unspecified atom stereocenters. The number of nitrogen functional groups attached to an aromatic ring is 1. The van der Waals surface area contributed by atoms with E-state index in [1.54, 1.807) is 6.20 Å². The molecule has 0 amide bonds. The Morgan fingerprint density at radius 2 is 2.33 bits per heavy atom. The highest BCUT2D eigenvalue weighted by Gasteiger charge is 2.05. The van der Waals surface area contributed by atoms with Crippen molar-refractivity contribution in [2.24, 2.45) is 5.73 Å². The van der Waals surface area contributed by atoms with Crippen LogP contribution in [0.4, 0.5) is 5.82 Å². The first-order chi connectivity index (χ1) is 5.65. The second-order valence-electron chi connectivity index (χ2n) is 2.76. The van der Waals surface area contributed by atoms with Crippen molar-refractivity contribution >= 4 is 5.82 Å². The SMILES string of the molecule is Cc1cc([C@H](N)CO)cnc1N. The van der Waals surface area contributed by atoms with Crippen LogP contribution in [0, 0.1) is 6.92 Å². The minimum Gasteiger partial charge on any atom is -0.394 e. The lowest BCUT2D eigenvalue weighted by molar-refractivity contribution is 0.268. The predicted molar refractivity (Wildman–Crippen MR) is 47.4 cm³/mol. The van der Waals surface area contributed by atoms with Gasteiger partial charge in [0.1, 0.15) is 5.82 Å². The summed E-state index contributed by atoms with van der Waals surface area (Å²) >= 11 is 0. The van der Waals surface area contributed by atoms with Crippen LogP contribution in [0.15, 0.2) is 12.3 Å². The molecule has 66 valence electrons. The van der Waals surface area contributed by atoms with E-state index in [1.807, 2.05) is 13.0 Å². The lowest BCUT2D eigenvalue weighted by Gasteiger charge is -2.09. The van der Waals surface area contributed by atoms with Gasteiger partial charge >= 0.3 is 0 Å². The van der Waals surface area contributed by atoms with E-state index in [4.69, 9.17) is 16.6 Å². The van der Waals surface area contributed by atoms with Crippen molar-refractivity contribution in [3.8, 4) is 0 Å². The van der Waals surface area contributed by atoms with Crippen molar-refractivity contribution in [1.82, 2.24) is 4.98 Å². The fourth-order valence-electron chi connectivity index (χ4n) is 0.915. The molecule has 0 saturated heterocycles. The van der Waals surface area contributed by atoms with Gasteiger partial charge in [-0.15, -0.1) is 0 Å².